The van der Waals surface area contributed by atoms with E-state index in [1.165, 1.54) is 19.4 Å². The fourth-order valence-electron chi connectivity index (χ4n) is 3.18. The summed E-state index contributed by atoms with van der Waals surface area (Å²) in [7, 11) is 0.000114. The third-order valence-electron chi connectivity index (χ3n) is 4.70. The number of morpholine rings is 1. The van der Waals surface area contributed by atoms with Gasteiger partial charge in [-0.25, -0.2) is 13.6 Å². The predicted octanol–water partition coefficient (Wildman–Crippen LogP) is 2.62. The molecule has 3 rings (SSSR count). The van der Waals surface area contributed by atoms with Crippen LogP contribution >= 0.6 is 0 Å². The Kier molecular flexibility index (Phi) is 7.22. The van der Waals surface area contributed by atoms with Gasteiger partial charge in [-0.2, -0.15) is 0 Å². The van der Waals surface area contributed by atoms with Gasteiger partial charge in [-0.1, -0.05) is 6.92 Å². The number of methoxy groups -OCH3 is 1. The van der Waals surface area contributed by atoms with Crippen LogP contribution in [0.25, 0.3) is 11.1 Å². The van der Waals surface area contributed by atoms with Gasteiger partial charge in [-0.05, 0) is 30.2 Å². The molecule has 30 heavy (non-hydrogen) atoms. The lowest BCUT2D eigenvalue weighted by Gasteiger charge is -2.29. The predicted molar refractivity (Wildman–Crippen MR) is 117 cm³/mol. The lowest BCUT2D eigenvalue weighted by Crippen LogP contribution is -2.41. The van der Waals surface area contributed by atoms with Gasteiger partial charge in [0.1, 0.15) is 22.6 Å². The molecule has 162 valence electrons. The van der Waals surface area contributed by atoms with Crippen LogP contribution in [0.2, 0.25) is 0 Å². The number of nitrogens with two attached hydrogens (primary N) is 1. The van der Waals surface area contributed by atoms with E-state index >= 15 is 0 Å². The van der Waals surface area contributed by atoms with Crippen molar-refractivity contribution >= 4 is 28.3 Å². The number of aromatic nitrogens is 1. The molecule has 1 aliphatic rings. The maximum absolute atomic E-state index is 14.7. The van der Waals surface area contributed by atoms with Crippen LogP contribution in [0, 0.1) is 11.2 Å². The van der Waals surface area contributed by atoms with Crippen molar-refractivity contribution in [2.75, 3.05) is 49.6 Å². The fraction of sp³-hybridized carbons (Fsp3) is 0.400. The monoisotopic (exact) mass is 435 g/mol. The minimum absolute atomic E-state index is 0.00658. The maximum atomic E-state index is 14.7. The van der Waals surface area contributed by atoms with Crippen molar-refractivity contribution < 1.29 is 18.1 Å². The van der Waals surface area contributed by atoms with Gasteiger partial charge in [0, 0.05) is 30.6 Å². The summed E-state index contributed by atoms with van der Waals surface area (Å²) >= 11 is 0. The molecule has 2 heterocycles. The summed E-state index contributed by atoms with van der Waals surface area (Å²) in [5.74, 6) is 0.313. The van der Waals surface area contributed by atoms with Crippen LogP contribution in [-0.2, 0) is 15.7 Å². The van der Waals surface area contributed by atoms with Crippen LogP contribution in [-0.4, -0.2) is 59.1 Å². The van der Waals surface area contributed by atoms with Crippen LogP contribution < -0.4 is 15.2 Å². The summed E-state index contributed by atoms with van der Waals surface area (Å²) in [6, 6.07) is 4.70. The zero-order valence-corrected chi connectivity index (χ0v) is 17.9. The third-order valence-corrected chi connectivity index (χ3v) is 5.92. The molecule has 1 aromatic heterocycles. The number of hydrogen-bond donors (Lipinski definition) is 3. The molecule has 1 aliphatic heterocycles. The van der Waals surface area contributed by atoms with Gasteiger partial charge in [0.15, 0.2) is 11.6 Å². The second-order valence-electron chi connectivity index (χ2n) is 6.80. The quantitative estimate of drug-likeness (QED) is 0.455. The van der Waals surface area contributed by atoms with E-state index in [1.807, 2.05) is 11.8 Å². The first-order valence-corrected chi connectivity index (χ1v) is 11.0. The van der Waals surface area contributed by atoms with Gasteiger partial charge in [-0.15, -0.1) is 0 Å². The molecule has 1 fully saturated rings. The standard InChI is InChI=1S/C20H26FN5O3S/c1-3-8-30(27)25-17-11-13(10-16(21)18(17)28-2)14-9-15(19(22)24-12-14)20(23)26-4-6-29-7-5-26/h9-12,23,25H,3-8H2,1-2H3,(H2,22,24). The molecular weight excluding hydrogens is 409 g/mol. The molecule has 1 aromatic carbocycles. The first-order chi connectivity index (χ1) is 14.4. The van der Waals surface area contributed by atoms with Gasteiger partial charge in [0.25, 0.3) is 0 Å². The molecule has 0 radical (unpaired) electrons. The van der Waals surface area contributed by atoms with Gasteiger partial charge in [-0.3, -0.25) is 5.41 Å². The molecule has 0 saturated carbocycles. The number of anilines is 2. The number of nitrogen functional groups attached to an aromatic ring is 1. The Hall–Kier alpha value is -2.72. The third kappa shape index (κ3) is 4.88. The van der Waals surface area contributed by atoms with E-state index < -0.39 is 16.8 Å². The maximum Gasteiger partial charge on any atom is 0.178 e. The van der Waals surface area contributed by atoms with Crippen LogP contribution in [0.15, 0.2) is 24.4 Å². The lowest BCUT2D eigenvalue weighted by atomic mass is 10.0. The number of hydrogen-bond acceptors (Lipinski definition) is 6. The Labute approximate surface area is 177 Å². The van der Waals surface area contributed by atoms with Gasteiger partial charge >= 0.3 is 0 Å². The Bertz CT molecular complexity index is 950. The SMILES string of the molecule is CCCS(=O)Nc1cc(-c2cnc(N)c(C(=N)N3CCOCC3)c2)cc(F)c1OC. The molecule has 1 saturated heterocycles. The second-order valence-corrected chi connectivity index (χ2v) is 8.10. The molecule has 0 spiro atoms. The Morgan fingerprint density at radius 3 is 2.77 bits per heavy atom. The minimum atomic E-state index is -1.36. The first-order valence-electron chi connectivity index (χ1n) is 9.64. The van der Waals surface area contributed by atoms with E-state index in [1.54, 1.807) is 12.1 Å². The van der Waals surface area contributed by atoms with Gasteiger partial charge in [0.2, 0.25) is 0 Å². The number of benzene rings is 1. The van der Waals surface area contributed by atoms with Crippen molar-refractivity contribution in [1.29, 1.82) is 5.41 Å². The van der Waals surface area contributed by atoms with E-state index in [4.69, 9.17) is 20.6 Å². The summed E-state index contributed by atoms with van der Waals surface area (Å²) in [4.78, 5) is 6.08. The first kappa shape index (κ1) is 22.0. The second kappa shape index (κ2) is 9.86. The smallest absolute Gasteiger partial charge is 0.178 e. The summed E-state index contributed by atoms with van der Waals surface area (Å²) in [6.45, 7) is 4.19. The highest BCUT2D eigenvalue weighted by atomic mass is 32.2. The van der Waals surface area contributed by atoms with Crippen LogP contribution in [0.4, 0.5) is 15.9 Å². The average Bonchev–Trinajstić information content (AvgIpc) is 2.74. The number of rotatable bonds is 7. The molecule has 4 N–H and O–H groups in total. The molecule has 0 amide bonds. The molecule has 0 aliphatic carbocycles. The largest absolute Gasteiger partial charge is 0.492 e. The van der Waals surface area contributed by atoms with Crippen LogP contribution in [0.1, 0.15) is 18.9 Å². The molecule has 1 atom stereocenters. The molecule has 8 nitrogen and oxygen atoms in total. The number of nitrogens with one attached hydrogen (secondary N) is 2. The van der Waals surface area contributed by atoms with Crippen molar-refractivity contribution in [3.8, 4) is 16.9 Å². The van der Waals surface area contributed by atoms with Crippen molar-refractivity contribution in [2.24, 2.45) is 0 Å². The summed E-state index contributed by atoms with van der Waals surface area (Å²) in [5.41, 5.74) is 7.88. The zero-order valence-electron chi connectivity index (χ0n) is 17.0. The normalized spacial score (nSPS) is 15.0. The Morgan fingerprint density at radius 1 is 1.37 bits per heavy atom. The van der Waals surface area contributed by atoms with Gasteiger partial charge in [0.05, 0.1) is 31.6 Å². The summed E-state index contributed by atoms with van der Waals surface area (Å²) in [5, 5.41) is 8.51. The number of nitrogens with zero attached hydrogens (tertiary/aromatic N) is 2. The van der Waals surface area contributed by atoms with E-state index in [-0.39, 0.29) is 17.4 Å². The van der Waals surface area contributed by atoms with Crippen LogP contribution in [0.5, 0.6) is 5.75 Å². The van der Waals surface area contributed by atoms with E-state index in [0.29, 0.717) is 54.4 Å². The lowest BCUT2D eigenvalue weighted by molar-refractivity contribution is 0.0680. The highest BCUT2D eigenvalue weighted by Gasteiger charge is 2.20. The molecule has 1 unspecified atom stereocenters. The van der Waals surface area contributed by atoms with E-state index in [0.717, 1.165) is 6.42 Å². The molecule has 0 bridgehead atoms. The summed E-state index contributed by atoms with van der Waals surface area (Å²) in [6.07, 6.45) is 2.25. The number of pyridine rings is 1. The highest BCUT2D eigenvalue weighted by molar-refractivity contribution is 7.86. The van der Waals surface area contributed by atoms with Gasteiger partial charge < -0.3 is 24.8 Å². The van der Waals surface area contributed by atoms with Crippen LogP contribution in [0.3, 0.4) is 0 Å². The zero-order chi connectivity index (χ0) is 21.7. The minimum Gasteiger partial charge on any atom is -0.492 e. The van der Waals surface area contributed by atoms with Crippen molar-refractivity contribution in [2.45, 2.75) is 13.3 Å². The Morgan fingerprint density at radius 2 is 2.10 bits per heavy atom. The van der Waals surface area contributed by atoms with Crippen molar-refractivity contribution in [3.05, 3.63) is 35.8 Å². The van der Waals surface area contributed by atoms with Crippen molar-refractivity contribution in [1.82, 2.24) is 9.88 Å². The van der Waals surface area contributed by atoms with E-state index in [9.17, 15) is 8.60 Å². The summed E-state index contributed by atoms with van der Waals surface area (Å²) < 4.78 is 40.1. The molecular formula is C20H26FN5O3S. The highest BCUT2D eigenvalue weighted by Crippen LogP contribution is 2.34. The number of ether oxygens (including phenoxy) is 2. The molecule has 10 heteroatoms. The number of halogens is 1. The average molecular weight is 436 g/mol. The fourth-order valence-corrected chi connectivity index (χ4v) is 4.05. The molecule has 2 aromatic rings. The topological polar surface area (TPSA) is 114 Å². The Balaban J connectivity index is 1.97. The van der Waals surface area contributed by atoms with Crippen molar-refractivity contribution in [3.63, 3.8) is 0 Å². The van der Waals surface area contributed by atoms with E-state index in [2.05, 4.69) is 9.71 Å². The number of amidine groups is 1.